The summed E-state index contributed by atoms with van der Waals surface area (Å²) in [5.41, 5.74) is 6.22. The fourth-order valence-electron chi connectivity index (χ4n) is 1.85. The van der Waals surface area contributed by atoms with E-state index >= 15 is 0 Å². The number of carbonyl (C=O) groups is 1. The third-order valence-corrected chi connectivity index (χ3v) is 2.93. The van der Waals surface area contributed by atoms with Gasteiger partial charge in [-0.3, -0.25) is 4.79 Å². The van der Waals surface area contributed by atoms with Crippen LogP contribution in [0.3, 0.4) is 0 Å². The number of hydrogen-bond acceptors (Lipinski definition) is 5. The van der Waals surface area contributed by atoms with Gasteiger partial charge in [-0.05, 0) is 31.8 Å². The van der Waals surface area contributed by atoms with E-state index in [0.29, 0.717) is 18.0 Å². The highest BCUT2D eigenvalue weighted by Crippen LogP contribution is 2.29. The molecule has 0 fully saturated rings. The number of amides is 1. The van der Waals surface area contributed by atoms with E-state index in [1.54, 1.807) is 32.4 Å². The molecule has 0 spiro atoms. The first-order valence-electron chi connectivity index (χ1n) is 6.39. The standard InChI is InChI=1S/C14H23N3O3/c1-17(2)8-7-16-13(14(15)18)10-5-6-11(19-3)12(9-10)20-4/h5-6,9,13,16H,7-8H2,1-4H3,(H2,15,18). The molecule has 0 aliphatic carbocycles. The van der Waals surface area contributed by atoms with E-state index in [1.165, 1.54) is 0 Å². The largest absolute Gasteiger partial charge is 0.493 e. The number of nitrogens with zero attached hydrogens (tertiary/aromatic N) is 1. The average Bonchev–Trinajstić information content (AvgIpc) is 2.42. The number of rotatable bonds is 8. The molecule has 0 radical (unpaired) electrons. The van der Waals surface area contributed by atoms with Gasteiger partial charge in [0.15, 0.2) is 11.5 Å². The second-order valence-electron chi connectivity index (χ2n) is 4.71. The number of methoxy groups -OCH3 is 2. The van der Waals surface area contributed by atoms with Gasteiger partial charge in [-0.15, -0.1) is 0 Å². The number of primary amides is 1. The Kier molecular flexibility index (Phi) is 6.27. The molecule has 0 saturated carbocycles. The van der Waals surface area contributed by atoms with Gasteiger partial charge in [0.25, 0.3) is 0 Å². The average molecular weight is 281 g/mol. The highest BCUT2D eigenvalue weighted by Gasteiger charge is 2.19. The summed E-state index contributed by atoms with van der Waals surface area (Å²) in [6.07, 6.45) is 0. The molecule has 1 amide bonds. The van der Waals surface area contributed by atoms with Crippen LogP contribution in [0.5, 0.6) is 11.5 Å². The van der Waals surface area contributed by atoms with Gasteiger partial charge in [-0.25, -0.2) is 0 Å². The molecule has 0 heterocycles. The lowest BCUT2D eigenvalue weighted by molar-refractivity contribution is -0.120. The number of nitrogens with two attached hydrogens (primary N) is 1. The van der Waals surface area contributed by atoms with Gasteiger partial charge < -0.3 is 25.4 Å². The van der Waals surface area contributed by atoms with Crippen molar-refractivity contribution in [1.82, 2.24) is 10.2 Å². The third-order valence-electron chi connectivity index (χ3n) is 2.93. The Morgan fingerprint density at radius 2 is 1.95 bits per heavy atom. The van der Waals surface area contributed by atoms with Crippen molar-refractivity contribution >= 4 is 5.91 Å². The lowest BCUT2D eigenvalue weighted by Gasteiger charge is -2.19. The number of likely N-dealkylation sites (N-methyl/N-ethyl adjacent to an activating group) is 1. The number of nitrogens with one attached hydrogen (secondary N) is 1. The smallest absolute Gasteiger partial charge is 0.239 e. The highest BCUT2D eigenvalue weighted by molar-refractivity contribution is 5.81. The summed E-state index contributed by atoms with van der Waals surface area (Å²) in [7, 11) is 7.06. The van der Waals surface area contributed by atoms with Crippen LogP contribution in [0.25, 0.3) is 0 Å². The van der Waals surface area contributed by atoms with Gasteiger partial charge in [0.2, 0.25) is 5.91 Å². The summed E-state index contributed by atoms with van der Waals surface area (Å²) >= 11 is 0. The molecule has 6 nitrogen and oxygen atoms in total. The minimum atomic E-state index is -0.547. The van der Waals surface area contributed by atoms with E-state index in [0.717, 1.165) is 12.1 Å². The van der Waals surface area contributed by atoms with E-state index in [-0.39, 0.29) is 0 Å². The van der Waals surface area contributed by atoms with Crippen molar-refractivity contribution in [2.75, 3.05) is 41.4 Å². The second-order valence-corrected chi connectivity index (χ2v) is 4.71. The van der Waals surface area contributed by atoms with Crippen molar-refractivity contribution in [3.63, 3.8) is 0 Å². The fourth-order valence-corrected chi connectivity index (χ4v) is 1.85. The Balaban J connectivity index is 2.88. The first-order valence-corrected chi connectivity index (χ1v) is 6.39. The predicted molar refractivity (Wildman–Crippen MR) is 78.0 cm³/mol. The lowest BCUT2D eigenvalue weighted by atomic mass is 10.1. The molecular formula is C14H23N3O3. The molecule has 1 aromatic rings. The van der Waals surface area contributed by atoms with Crippen LogP contribution in [-0.2, 0) is 4.79 Å². The van der Waals surface area contributed by atoms with Crippen LogP contribution in [0, 0.1) is 0 Å². The Labute approximate surface area is 119 Å². The van der Waals surface area contributed by atoms with Crippen LogP contribution in [0.15, 0.2) is 18.2 Å². The Hall–Kier alpha value is -1.79. The minimum Gasteiger partial charge on any atom is -0.493 e. The summed E-state index contributed by atoms with van der Waals surface area (Å²) in [4.78, 5) is 13.6. The highest BCUT2D eigenvalue weighted by atomic mass is 16.5. The number of benzene rings is 1. The first kappa shape index (κ1) is 16.3. The molecule has 1 rings (SSSR count). The zero-order valence-electron chi connectivity index (χ0n) is 12.5. The summed E-state index contributed by atoms with van der Waals surface area (Å²) in [6, 6.07) is 4.78. The Morgan fingerprint density at radius 3 is 2.45 bits per heavy atom. The third kappa shape index (κ3) is 4.40. The van der Waals surface area contributed by atoms with E-state index in [4.69, 9.17) is 15.2 Å². The Morgan fingerprint density at radius 1 is 1.30 bits per heavy atom. The van der Waals surface area contributed by atoms with Gasteiger partial charge in [0.05, 0.1) is 14.2 Å². The number of carbonyl (C=O) groups excluding carboxylic acids is 1. The van der Waals surface area contributed by atoms with Crippen molar-refractivity contribution in [2.24, 2.45) is 5.73 Å². The van der Waals surface area contributed by atoms with Crippen LogP contribution in [0.4, 0.5) is 0 Å². The van der Waals surface area contributed by atoms with E-state index in [9.17, 15) is 4.79 Å². The molecule has 1 atom stereocenters. The van der Waals surface area contributed by atoms with Crippen LogP contribution < -0.4 is 20.5 Å². The zero-order chi connectivity index (χ0) is 15.1. The van der Waals surface area contributed by atoms with Crippen molar-refractivity contribution in [3.05, 3.63) is 23.8 Å². The molecule has 20 heavy (non-hydrogen) atoms. The summed E-state index contributed by atoms with van der Waals surface area (Å²) in [6.45, 7) is 1.48. The molecule has 3 N–H and O–H groups in total. The molecule has 1 unspecified atom stereocenters. The van der Waals surface area contributed by atoms with E-state index in [1.807, 2.05) is 19.0 Å². The zero-order valence-corrected chi connectivity index (χ0v) is 12.5. The van der Waals surface area contributed by atoms with Gasteiger partial charge in [-0.1, -0.05) is 6.07 Å². The van der Waals surface area contributed by atoms with E-state index < -0.39 is 11.9 Å². The van der Waals surface area contributed by atoms with Crippen molar-refractivity contribution in [2.45, 2.75) is 6.04 Å². The monoisotopic (exact) mass is 281 g/mol. The van der Waals surface area contributed by atoms with Crippen LogP contribution in [-0.4, -0.2) is 52.2 Å². The molecule has 0 aromatic heterocycles. The van der Waals surface area contributed by atoms with Gasteiger partial charge in [0.1, 0.15) is 6.04 Å². The number of ether oxygens (including phenoxy) is 2. The molecule has 0 saturated heterocycles. The lowest BCUT2D eigenvalue weighted by Crippen LogP contribution is -2.37. The van der Waals surface area contributed by atoms with Crippen LogP contribution in [0.1, 0.15) is 11.6 Å². The molecule has 6 heteroatoms. The molecule has 0 bridgehead atoms. The van der Waals surface area contributed by atoms with E-state index in [2.05, 4.69) is 5.32 Å². The summed E-state index contributed by atoms with van der Waals surface area (Å²) in [5.74, 6) is 0.773. The maximum atomic E-state index is 11.6. The molecule has 0 aliphatic heterocycles. The molecule has 1 aromatic carbocycles. The molecule has 112 valence electrons. The summed E-state index contributed by atoms with van der Waals surface area (Å²) < 4.78 is 10.4. The first-order chi connectivity index (χ1) is 9.49. The van der Waals surface area contributed by atoms with Crippen LogP contribution in [0.2, 0.25) is 0 Å². The number of hydrogen-bond donors (Lipinski definition) is 2. The van der Waals surface area contributed by atoms with Crippen LogP contribution >= 0.6 is 0 Å². The second kappa shape index (κ2) is 7.72. The van der Waals surface area contributed by atoms with Gasteiger partial charge in [-0.2, -0.15) is 0 Å². The van der Waals surface area contributed by atoms with Crippen molar-refractivity contribution in [3.8, 4) is 11.5 Å². The maximum absolute atomic E-state index is 11.6. The fraction of sp³-hybridized carbons (Fsp3) is 0.500. The van der Waals surface area contributed by atoms with Crippen molar-refractivity contribution < 1.29 is 14.3 Å². The molecule has 0 aliphatic rings. The SMILES string of the molecule is COc1ccc(C(NCCN(C)C)C(N)=O)cc1OC. The maximum Gasteiger partial charge on any atom is 0.239 e. The minimum absolute atomic E-state index is 0.420. The quantitative estimate of drug-likeness (QED) is 0.720. The predicted octanol–water partition coefficient (Wildman–Crippen LogP) is 0.381. The molecular weight excluding hydrogens is 258 g/mol. The van der Waals surface area contributed by atoms with Crippen molar-refractivity contribution in [1.29, 1.82) is 0 Å². The Bertz CT molecular complexity index is 449. The summed E-state index contributed by atoms with van der Waals surface area (Å²) in [5, 5.41) is 3.14. The van der Waals surface area contributed by atoms with Gasteiger partial charge >= 0.3 is 0 Å². The van der Waals surface area contributed by atoms with Gasteiger partial charge in [0, 0.05) is 13.1 Å². The topological polar surface area (TPSA) is 76.8 Å². The normalized spacial score (nSPS) is 12.2.